The molecule has 0 aromatic carbocycles. The first-order chi connectivity index (χ1) is 6.40. The average molecular weight is 184 g/mol. The molecular formula is C13H28. The summed E-state index contributed by atoms with van der Waals surface area (Å²) in [7, 11) is 0. The van der Waals surface area contributed by atoms with Crippen LogP contribution >= 0.6 is 0 Å². The van der Waals surface area contributed by atoms with Crippen LogP contribution in [0.2, 0.25) is 0 Å². The van der Waals surface area contributed by atoms with Crippen LogP contribution in [0.25, 0.3) is 0 Å². The van der Waals surface area contributed by atoms with Gasteiger partial charge in [0.1, 0.15) is 0 Å². The third-order valence-electron chi connectivity index (χ3n) is 3.23. The summed E-state index contributed by atoms with van der Waals surface area (Å²) in [5.74, 6) is 3.48. The molecule has 0 saturated heterocycles. The summed E-state index contributed by atoms with van der Waals surface area (Å²) >= 11 is 0. The Hall–Kier alpha value is 0. The molecule has 0 aliphatic heterocycles. The lowest BCUT2D eigenvalue weighted by Gasteiger charge is -2.18. The second kappa shape index (κ2) is 7.41. The van der Waals surface area contributed by atoms with Crippen molar-refractivity contribution >= 4 is 0 Å². The van der Waals surface area contributed by atoms with Crippen LogP contribution in [-0.4, -0.2) is 0 Å². The Morgan fingerprint density at radius 3 is 1.92 bits per heavy atom. The van der Waals surface area contributed by atoms with E-state index in [1.165, 1.54) is 24.7 Å². The van der Waals surface area contributed by atoms with E-state index in [0.29, 0.717) is 0 Å². The maximum absolute atomic E-state index is 2.34. The second-order valence-corrected chi connectivity index (χ2v) is 3.84. The van der Waals surface area contributed by atoms with E-state index in [-0.39, 0.29) is 0 Å². The number of hydrogen-bond donors (Lipinski definition) is 0. The predicted molar refractivity (Wildman–Crippen MR) is 61.9 cm³/mol. The van der Waals surface area contributed by atoms with Crippen LogP contribution in [0.5, 0.6) is 0 Å². The van der Waals surface area contributed by atoms with E-state index in [1.807, 2.05) is 27.7 Å². The molecule has 0 heterocycles. The van der Waals surface area contributed by atoms with Crippen molar-refractivity contribution in [1.82, 2.24) is 0 Å². The van der Waals surface area contributed by atoms with Gasteiger partial charge in [-0.3, -0.25) is 0 Å². The molecule has 3 atom stereocenters. The molecule has 2 rings (SSSR count). The number of rotatable bonds is 1. The first kappa shape index (κ1) is 13.0. The van der Waals surface area contributed by atoms with Gasteiger partial charge in [0.15, 0.2) is 0 Å². The molecule has 80 valence electrons. The van der Waals surface area contributed by atoms with Gasteiger partial charge in [-0.1, -0.05) is 47.5 Å². The lowest BCUT2D eigenvalue weighted by atomic mass is 9.88. The van der Waals surface area contributed by atoms with Crippen LogP contribution in [0.4, 0.5) is 0 Å². The molecule has 2 fully saturated rings. The summed E-state index contributed by atoms with van der Waals surface area (Å²) in [5, 5.41) is 0. The number of hydrogen-bond acceptors (Lipinski definition) is 0. The molecule has 0 radical (unpaired) electrons. The van der Waals surface area contributed by atoms with Gasteiger partial charge < -0.3 is 0 Å². The molecule has 2 aliphatic carbocycles. The van der Waals surface area contributed by atoms with Crippen molar-refractivity contribution in [1.29, 1.82) is 0 Å². The Morgan fingerprint density at radius 1 is 0.846 bits per heavy atom. The first-order valence-corrected chi connectivity index (χ1v) is 6.40. The van der Waals surface area contributed by atoms with E-state index >= 15 is 0 Å². The molecule has 0 heteroatoms. The van der Waals surface area contributed by atoms with Crippen LogP contribution in [0.3, 0.4) is 0 Å². The molecule has 0 aromatic heterocycles. The fraction of sp³-hybridized carbons (Fsp3) is 1.00. The van der Waals surface area contributed by atoms with E-state index in [4.69, 9.17) is 0 Å². The molecule has 13 heavy (non-hydrogen) atoms. The van der Waals surface area contributed by atoms with Gasteiger partial charge in [-0.15, -0.1) is 0 Å². The van der Waals surface area contributed by atoms with Crippen LogP contribution in [0, 0.1) is 17.8 Å². The van der Waals surface area contributed by atoms with Crippen molar-refractivity contribution in [3.05, 3.63) is 0 Å². The standard InChI is InChI=1S/C9H16.2C2H6/c1-2-7-3-4-8-6-9(8)5-7;2*1-2/h7-9H,2-6H2,1H3;2*1-2H3. The molecule has 2 saturated carbocycles. The van der Waals surface area contributed by atoms with E-state index in [2.05, 4.69) is 6.92 Å². The van der Waals surface area contributed by atoms with Gasteiger partial charge >= 0.3 is 0 Å². The quantitative estimate of drug-likeness (QED) is 0.544. The Morgan fingerprint density at radius 2 is 1.46 bits per heavy atom. The topological polar surface area (TPSA) is 0 Å². The highest BCUT2D eigenvalue weighted by atomic mass is 14.5. The third-order valence-corrected chi connectivity index (χ3v) is 3.23. The summed E-state index contributed by atoms with van der Waals surface area (Å²) in [6, 6.07) is 0. The monoisotopic (exact) mass is 184 g/mol. The predicted octanol–water partition coefficient (Wildman–Crippen LogP) is 4.89. The minimum atomic E-state index is 1.11. The van der Waals surface area contributed by atoms with Crippen molar-refractivity contribution in [2.75, 3.05) is 0 Å². The molecule has 0 aromatic rings. The van der Waals surface area contributed by atoms with Crippen molar-refractivity contribution in [2.24, 2.45) is 17.8 Å². The van der Waals surface area contributed by atoms with Crippen LogP contribution in [-0.2, 0) is 0 Å². The summed E-state index contributed by atoms with van der Waals surface area (Å²) in [4.78, 5) is 0. The summed E-state index contributed by atoms with van der Waals surface area (Å²) < 4.78 is 0. The fourth-order valence-electron chi connectivity index (χ4n) is 2.32. The molecule has 0 nitrogen and oxygen atoms in total. The van der Waals surface area contributed by atoms with Crippen LogP contribution in [0.1, 0.15) is 66.7 Å². The zero-order valence-corrected chi connectivity index (χ0v) is 10.3. The van der Waals surface area contributed by atoms with Gasteiger partial charge in [0.25, 0.3) is 0 Å². The maximum Gasteiger partial charge on any atom is -0.0380 e. The maximum atomic E-state index is 2.34. The van der Waals surface area contributed by atoms with E-state index in [9.17, 15) is 0 Å². The molecule has 0 amide bonds. The fourth-order valence-corrected chi connectivity index (χ4v) is 2.32. The van der Waals surface area contributed by atoms with Crippen LogP contribution in [0.15, 0.2) is 0 Å². The molecule has 3 unspecified atom stereocenters. The summed E-state index contributed by atoms with van der Waals surface area (Å²) in [6.45, 7) is 10.3. The Kier molecular flexibility index (Phi) is 7.41. The van der Waals surface area contributed by atoms with Crippen molar-refractivity contribution < 1.29 is 0 Å². The lowest BCUT2D eigenvalue weighted by molar-refractivity contribution is 0.335. The SMILES string of the molecule is CC.CC.CCC1CCC2CC2C1. The Balaban J connectivity index is 0.000000322. The van der Waals surface area contributed by atoms with Crippen molar-refractivity contribution in [3.8, 4) is 0 Å². The Labute approximate surface area is 85.1 Å². The highest BCUT2D eigenvalue weighted by Gasteiger charge is 2.41. The lowest BCUT2D eigenvalue weighted by Crippen LogP contribution is -2.06. The van der Waals surface area contributed by atoms with Gasteiger partial charge in [0.05, 0.1) is 0 Å². The van der Waals surface area contributed by atoms with Gasteiger partial charge in [-0.2, -0.15) is 0 Å². The van der Waals surface area contributed by atoms with E-state index in [1.54, 1.807) is 19.3 Å². The second-order valence-electron chi connectivity index (χ2n) is 3.84. The molecule has 0 bridgehead atoms. The minimum Gasteiger partial charge on any atom is -0.0683 e. The van der Waals surface area contributed by atoms with Crippen molar-refractivity contribution in [2.45, 2.75) is 66.7 Å². The molecule has 2 aliphatic rings. The minimum absolute atomic E-state index is 1.11. The zero-order valence-electron chi connectivity index (χ0n) is 10.3. The highest BCUT2D eigenvalue weighted by molar-refractivity contribution is 4.91. The van der Waals surface area contributed by atoms with Gasteiger partial charge in [-0.05, 0) is 37.0 Å². The average Bonchev–Trinajstić information content (AvgIpc) is 3.01. The van der Waals surface area contributed by atoms with Gasteiger partial charge in [0.2, 0.25) is 0 Å². The van der Waals surface area contributed by atoms with Crippen molar-refractivity contribution in [3.63, 3.8) is 0 Å². The smallest absolute Gasteiger partial charge is 0.0380 e. The summed E-state index contributed by atoms with van der Waals surface area (Å²) in [5.41, 5.74) is 0. The first-order valence-electron chi connectivity index (χ1n) is 6.40. The zero-order chi connectivity index (χ0) is 10.3. The highest BCUT2D eigenvalue weighted by Crippen LogP contribution is 2.51. The summed E-state index contributed by atoms with van der Waals surface area (Å²) in [6.07, 6.45) is 7.68. The largest absolute Gasteiger partial charge is 0.0683 e. The number of fused-ring (bicyclic) bond motifs is 1. The van der Waals surface area contributed by atoms with E-state index in [0.717, 1.165) is 5.92 Å². The molecule has 0 N–H and O–H groups in total. The van der Waals surface area contributed by atoms with E-state index < -0.39 is 0 Å². The third kappa shape index (κ3) is 4.15. The van der Waals surface area contributed by atoms with Gasteiger partial charge in [-0.25, -0.2) is 0 Å². The van der Waals surface area contributed by atoms with Gasteiger partial charge in [0, 0.05) is 0 Å². The van der Waals surface area contributed by atoms with Crippen LogP contribution < -0.4 is 0 Å². The molecular weight excluding hydrogens is 156 g/mol. The molecule has 0 spiro atoms. The Bertz CT molecular complexity index is 107. The normalized spacial score (nSPS) is 34.4.